The summed E-state index contributed by atoms with van der Waals surface area (Å²) in [5, 5.41) is 7.91. The van der Waals surface area contributed by atoms with E-state index in [9.17, 15) is 0 Å². The Kier molecular flexibility index (Phi) is 1.16. The molecule has 0 aliphatic carbocycles. The van der Waals surface area contributed by atoms with Gasteiger partial charge in [-0.2, -0.15) is 0 Å². The highest BCUT2D eigenvalue weighted by Gasteiger charge is 2.04. The summed E-state index contributed by atoms with van der Waals surface area (Å²) in [6.07, 6.45) is 0. The fourth-order valence-electron chi connectivity index (χ4n) is 0.729. The van der Waals surface area contributed by atoms with Gasteiger partial charge in [0.15, 0.2) is 0 Å². The minimum Gasteiger partial charge on any atom is -0.397 e. The molecular formula is C5H6BN3. The molecule has 0 unspecified atom stereocenters. The van der Waals surface area contributed by atoms with Gasteiger partial charge in [-0.05, 0) is 6.92 Å². The SMILES string of the molecule is [B]N=c1c(C)c(N)c1=N. The van der Waals surface area contributed by atoms with Crippen LogP contribution >= 0.6 is 0 Å². The highest BCUT2D eigenvalue weighted by molar-refractivity contribution is 6.05. The number of nitrogens with two attached hydrogens (primary N) is 1. The minimum atomic E-state index is 0.259. The van der Waals surface area contributed by atoms with Gasteiger partial charge < -0.3 is 10.6 Å². The van der Waals surface area contributed by atoms with Crippen LogP contribution in [-0.4, -0.2) is 7.98 Å². The van der Waals surface area contributed by atoms with Crippen LogP contribution in [0.3, 0.4) is 0 Å². The molecule has 0 spiro atoms. The lowest BCUT2D eigenvalue weighted by molar-refractivity contribution is 1.12. The van der Waals surface area contributed by atoms with Gasteiger partial charge >= 0.3 is 0 Å². The number of hydrogen-bond donors (Lipinski definition) is 2. The van der Waals surface area contributed by atoms with Crippen molar-refractivity contribution in [2.45, 2.75) is 6.92 Å². The van der Waals surface area contributed by atoms with Crippen molar-refractivity contribution in [1.29, 1.82) is 5.41 Å². The zero-order chi connectivity index (χ0) is 7.02. The van der Waals surface area contributed by atoms with Crippen LogP contribution < -0.4 is 16.4 Å². The van der Waals surface area contributed by atoms with Crippen molar-refractivity contribution in [3.63, 3.8) is 0 Å². The number of anilines is 1. The fourth-order valence-corrected chi connectivity index (χ4v) is 0.729. The van der Waals surface area contributed by atoms with E-state index in [0.717, 1.165) is 5.56 Å². The Morgan fingerprint density at radius 3 is 2.44 bits per heavy atom. The Bertz CT molecular complexity index is 306. The molecule has 44 valence electrons. The fraction of sp³-hybridized carbons (Fsp3) is 0.200. The van der Waals surface area contributed by atoms with Gasteiger partial charge in [0.05, 0.1) is 11.0 Å². The summed E-state index contributed by atoms with van der Waals surface area (Å²) in [5.74, 6) is 0. The van der Waals surface area contributed by atoms with Crippen LogP contribution in [0.25, 0.3) is 0 Å². The molecule has 0 heterocycles. The Balaban J connectivity index is 3.44. The van der Waals surface area contributed by atoms with Gasteiger partial charge in [-0.3, -0.25) is 5.41 Å². The van der Waals surface area contributed by atoms with Crippen LogP contribution in [-0.2, 0) is 0 Å². The van der Waals surface area contributed by atoms with Crippen molar-refractivity contribution < 1.29 is 0 Å². The Hall–Kier alpha value is -1.06. The first-order chi connectivity index (χ1) is 4.18. The second kappa shape index (κ2) is 1.72. The van der Waals surface area contributed by atoms with Crippen LogP contribution in [0.4, 0.5) is 5.69 Å². The molecule has 1 rings (SSSR count). The summed E-state index contributed by atoms with van der Waals surface area (Å²) in [4.78, 5) is 3.36. The van der Waals surface area contributed by atoms with Crippen LogP contribution in [0.15, 0.2) is 4.90 Å². The standard InChI is InChI=1S/C5H6BN3/c1-2-3(7)4(8)5(2)9-6/h8H,7H2,1H3. The lowest BCUT2D eigenvalue weighted by Gasteiger charge is -2.03. The number of nitrogens with zero attached hydrogens (tertiary/aromatic N) is 1. The number of nitrogens with one attached hydrogen (secondary N) is 1. The third-order valence-electron chi connectivity index (χ3n) is 1.39. The molecule has 1 aromatic rings. The van der Waals surface area contributed by atoms with Gasteiger partial charge in [0.25, 0.3) is 7.98 Å². The molecule has 0 amide bonds. The van der Waals surface area contributed by atoms with Crippen molar-refractivity contribution in [1.82, 2.24) is 0 Å². The highest BCUT2D eigenvalue weighted by atomic mass is 14.7. The topological polar surface area (TPSA) is 62.2 Å². The zero-order valence-corrected chi connectivity index (χ0v) is 5.10. The number of nitrogen functional groups attached to an aromatic ring is 1. The van der Waals surface area contributed by atoms with E-state index in [-0.39, 0.29) is 5.36 Å². The van der Waals surface area contributed by atoms with Gasteiger partial charge in [0.1, 0.15) is 5.36 Å². The van der Waals surface area contributed by atoms with Crippen molar-refractivity contribution in [2.24, 2.45) is 4.90 Å². The molecule has 9 heavy (non-hydrogen) atoms. The second-order valence-electron chi connectivity index (χ2n) is 1.89. The molecule has 1 aromatic carbocycles. The second-order valence-corrected chi connectivity index (χ2v) is 1.89. The molecule has 3 N–H and O–H groups in total. The smallest absolute Gasteiger partial charge is 0.260 e. The normalized spacial score (nSPS) is 12.8. The highest BCUT2D eigenvalue weighted by Crippen LogP contribution is 1.96. The van der Waals surface area contributed by atoms with E-state index in [1.54, 1.807) is 6.92 Å². The summed E-state index contributed by atoms with van der Waals surface area (Å²) in [5.41, 5.74) is 6.67. The average molecular weight is 119 g/mol. The van der Waals surface area contributed by atoms with Crippen LogP contribution in [0.1, 0.15) is 5.56 Å². The molecule has 0 aliphatic rings. The molecule has 0 aliphatic heterocycles. The number of hydrogen-bond acceptors (Lipinski definition) is 3. The van der Waals surface area contributed by atoms with E-state index in [4.69, 9.17) is 19.1 Å². The first-order valence-electron chi connectivity index (χ1n) is 2.52. The molecule has 0 atom stereocenters. The molecule has 0 bridgehead atoms. The monoisotopic (exact) mass is 119 g/mol. The van der Waals surface area contributed by atoms with E-state index < -0.39 is 0 Å². The van der Waals surface area contributed by atoms with Gasteiger partial charge in [-0.15, -0.1) is 0 Å². The zero-order valence-electron chi connectivity index (χ0n) is 5.10. The lowest BCUT2D eigenvalue weighted by atomic mass is 10.1. The largest absolute Gasteiger partial charge is 0.397 e. The molecule has 0 fully saturated rings. The molecular weight excluding hydrogens is 113 g/mol. The number of rotatable bonds is 0. The molecule has 2 radical (unpaired) electrons. The van der Waals surface area contributed by atoms with Gasteiger partial charge in [-0.1, -0.05) is 0 Å². The van der Waals surface area contributed by atoms with E-state index >= 15 is 0 Å². The average Bonchev–Trinajstić information content (AvgIpc) is 1.89. The third-order valence-corrected chi connectivity index (χ3v) is 1.39. The predicted molar refractivity (Wildman–Crippen MR) is 35.1 cm³/mol. The lowest BCUT2D eigenvalue weighted by Crippen LogP contribution is -2.38. The van der Waals surface area contributed by atoms with Crippen molar-refractivity contribution in [2.75, 3.05) is 5.73 Å². The quantitative estimate of drug-likeness (QED) is 0.419. The maximum atomic E-state index is 7.13. The van der Waals surface area contributed by atoms with Gasteiger partial charge in [0, 0.05) is 5.56 Å². The van der Waals surface area contributed by atoms with Gasteiger partial charge in [-0.25, -0.2) is 0 Å². The summed E-state index contributed by atoms with van der Waals surface area (Å²) in [7, 11) is 4.93. The van der Waals surface area contributed by atoms with Crippen LogP contribution in [0, 0.1) is 12.3 Å². The molecule has 0 saturated heterocycles. The van der Waals surface area contributed by atoms with E-state index in [1.807, 2.05) is 0 Å². The van der Waals surface area contributed by atoms with E-state index in [0.29, 0.717) is 11.0 Å². The van der Waals surface area contributed by atoms with Crippen molar-refractivity contribution >= 4 is 13.7 Å². The molecule has 0 aromatic heterocycles. The Morgan fingerprint density at radius 1 is 1.67 bits per heavy atom. The van der Waals surface area contributed by atoms with Crippen LogP contribution in [0.2, 0.25) is 0 Å². The molecule has 0 saturated carbocycles. The summed E-state index contributed by atoms with van der Waals surface area (Å²) < 4.78 is 0. The Morgan fingerprint density at radius 2 is 2.22 bits per heavy atom. The van der Waals surface area contributed by atoms with Crippen LogP contribution in [0.5, 0.6) is 0 Å². The molecule has 4 heteroatoms. The summed E-state index contributed by atoms with van der Waals surface area (Å²) >= 11 is 0. The van der Waals surface area contributed by atoms with E-state index in [2.05, 4.69) is 4.90 Å². The summed E-state index contributed by atoms with van der Waals surface area (Å²) in [6.45, 7) is 1.79. The maximum absolute atomic E-state index is 7.13. The predicted octanol–water partition coefficient (Wildman–Crippen LogP) is -1.08. The first kappa shape index (κ1) is 6.07. The maximum Gasteiger partial charge on any atom is 0.260 e. The van der Waals surface area contributed by atoms with Gasteiger partial charge in [0.2, 0.25) is 0 Å². The van der Waals surface area contributed by atoms with E-state index in [1.165, 1.54) is 0 Å². The third kappa shape index (κ3) is 0.591. The first-order valence-corrected chi connectivity index (χ1v) is 2.52. The van der Waals surface area contributed by atoms with Crippen molar-refractivity contribution in [3.8, 4) is 0 Å². The minimum absolute atomic E-state index is 0.259. The Labute approximate surface area is 53.9 Å². The van der Waals surface area contributed by atoms with Crippen molar-refractivity contribution in [3.05, 3.63) is 16.3 Å². The molecule has 3 nitrogen and oxygen atoms in total. The summed E-state index contributed by atoms with van der Waals surface area (Å²) in [6, 6.07) is 0.